The molecule has 3 aromatic carbocycles. The van der Waals surface area contributed by atoms with Crippen molar-refractivity contribution in [2.75, 3.05) is 15.4 Å². The zero-order valence-corrected chi connectivity index (χ0v) is 22.4. The van der Waals surface area contributed by atoms with Gasteiger partial charge in [0.1, 0.15) is 4.90 Å². The summed E-state index contributed by atoms with van der Waals surface area (Å²) in [7, 11) is -3.89. The molecule has 0 bridgehead atoms. The van der Waals surface area contributed by atoms with Crippen LogP contribution in [0.4, 0.5) is 11.4 Å². The second-order valence-corrected chi connectivity index (χ2v) is 11.8. The van der Waals surface area contributed by atoms with Gasteiger partial charge in [0, 0.05) is 11.3 Å². The number of rotatable bonds is 6. The zero-order valence-electron chi connectivity index (χ0n) is 20.7. The Balaban J connectivity index is 1.41. The van der Waals surface area contributed by atoms with E-state index in [-0.39, 0.29) is 23.1 Å². The second-order valence-electron chi connectivity index (χ2n) is 9.04. The van der Waals surface area contributed by atoms with Crippen molar-refractivity contribution in [1.82, 2.24) is 9.97 Å². The van der Waals surface area contributed by atoms with Gasteiger partial charge in [-0.3, -0.25) is 9.10 Å². The molecule has 1 aliphatic rings. The molecule has 0 atom stereocenters. The molecule has 1 aromatic heterocycles. The topological polar surface area (TPSA) is 92.3 Å². The number of aromatic nitrogens is 2. The molecule has 1 aliphatic heterocycles. The van der Waals surface area contributed by atoms with Gasteiger partial charge in [0.2, 0.25) is 5.91 Å². The van der Waals surface area contributed by atoms with Crippen LogP contribution < -0.4 is 9.62 Å². The van der Waals surface area contributed by atoms with E-state index in [0.29, 0.717) is 22.1 Å². The fraction of sp³-hybridized carbons (Fsp3) is 0.179. The molecule has 5 rings (SSSR count). The van der Waals surface area contributed by atoms with Crippen LogP contribution in [0, 0.1) is 20.8 Å². The standard InChI is InChI=1S/C28H26N4O3S2/c1-18-7-6-8-21(13-18)16-32-24-10-5-4-9-22(24)27-25(37(32,34)35)15-29-28(31-27)36-17-26(33)30-23-14-19(2)11-12-20(23)3/h4-15H,16-17H2,1-3H3,(H,30,33). The molecule has 2 heterocycles. The van der Waals surface area contributed by atoms with E-state index in [4.69, 9.17) is 0 Å². The average molecular weight is 531 g/mol. The van der Waals surface area contributed by atoms with Crippen LogP contribution in [-0.4, -0.2) is 30.0 Å². The highest BCUT2D eigenvalue weighted by atomic mass is 32.2. The smallest absolute Gasteiger partial charge is 0.268 e. The second kappa shape index (κ2) is 9.99. The highest BCUT2D eigenvalue weighted by Crippen LogP contribution is 2.42. The number of fused-ring (bicyclic) bond motifs is 3. The summed E-state index contributed by atoms with van der Waals surface area (Å²) >= 11 is 1.17. The van der Waals surface area contributed by atoms with Crippen molar-refractivity contribution in [2.45, 2.75) is 37.4 Å². The van der Waals surface area contributed by atoms with Crippen molar-refractivity contribution in [3.05, 3.63) is 95.2 Å². The van der Waals surface area contributed by atoms with Gasteiger partial charge in [0.25, 0.3) is 10.0 Å². The maximum absolute atomic E-state index is 13.7. The minimum absolute atomic E-state index is 0.0584. The lowest BCUT2D eigenvalue weighted by Crippen LogP contribution is -2.34. The Hall–Kier alpha value is -3.69. The van der Waals surface area contributed by atoms with Crippen LogP contribution in [0.5, 0.6) is 0 Å². The third-order valence-corrected chi connectivity index (χ3v) is 8.76. The van der Waals surface area contributed by atoms with Crippen molar-refractivity contribution < 1.29 is 13.2 Å². The fourth-order valence-electron chi connectivity index (χ4n) is 4.28. The zero-order chi connectivity index (χ0) is 26.2. The van der Waals surface area contributed by atoms with Crippen molar-refractivity contribution in [1.29, 1.82) is 0 Å². The van der Waals surface area contributed by atoms with Crippen molar-refractivity contribution in [3.8, 4) is 11.3 Å². The predicted molar refractivity (Wildman–Crippen MR) is 147 cm³/mol. The van der Waals surface area contributed by atoms with Crippen LogP contribution in [0.25, 0.3) is 11.3 Å². The monoisotopic (exact) mass is 530 g/mol. The number of carbonyl (C=O) groups is 1. The first-order valence-corrected chi connectivity index (χ1v) is 14.2. The number of hydrogen-bond acceptors (Lipinski definition) is 6. The first-order chi connectivity index (χ1) is 17.7. The van der Waals surface area contributed by atoms with E-state index in [0.717, 1.165) is 27.9 Å². The summed E-state index contributed by atoms with van der Waals surface area (Å²) in [5, 5.41) is 3.27. The molecule has 37 heavy (non-hydrogen) atoms. The van der Waals surface area contributed by atoms with Gasteiger partial charge in [-0.05, 0) is 49.6 Å². The van der Waals surface area contributed by atoms with Gasteiger partial charge in [-0.25, -0.2) is 18.4 Å². The number of hydrogen-bond donors (Lipinski definition) is 1. The lowest BCUT2D eigenvalue weighted by atomic mass is 10.1. The molecular weight excluding hydrogens is 504 g/mol. The number of amides is 1. The van der Waals surface area contributed by atoms with E-state index in [9.17, 15) is 13.2 Å². The number of para-hydroxylation sites is 1. The molecule has 0 saturated carbocycles. The van der Waals surface area contributed by atoms with Crippen LogP contribution in [-0.2, 0) is 21.4 Å². The van der Waals surface area contributed by atoms with Gasteiger partial charge >= 0.3 is 0 Å². The van der Waals surface area contributed by atoms with Crippen molar-refractivity contribution in [2.24, 2.45) is 0 Å². The Kier molecular flexibility index (Phi) is 6.74. The van der Waals surface area contributed by atoms with E-state index in [1.165, 1.54) is 22.3 Å². The van der Waals surface area contributed by atoms with E-state index in [1.54, 1.807) is 6.07 Å². The molecule has 4 aromatic rings. The van der Waals surface area contributed by atoms with Gasteiger partial charge in [-0.1, -0.05) is 71.9 Å². The van der Waals surface area contributed by atoms with Crippen LogP contribution >= 0.6 is 11.8 Å². The highest BCUT2D eigenvalue weighted by Gasteiger charge is 2.36. The minimum atomic E-state index is -3.89. The lowest BCUT2D eigenvalue weighted by Gasteiger charge is -2.31. The molecule has 1 N–H and O–H groups in total. The van der Waals surface area contributed by atoms with Crippen LogP contribution in [0.1, 0.15) is 22.3 Å². The molecule has 0 aliphatic carbocycles. The number of benzene rings is 3. The Morgan fingerprint density at radius 1 is 0.973 bits per heavy atom. The van der Waals surface area contributed by atoms with Crippen LogP contribution in [0.15, 0.2) is 83.0 Å². The number of nitrogens with one attached hydrogen (secondary N) is 1. The molecule has 7 nitrogen and oxygen atoms in total. The van der Waals surface area contributed by atoms with Gasteiger partial charge in [0.15, 0.2) is 5.16 Å². The van der Waals surface area contributed by atoms with E-state index < -0.39 is 10.0 Å². The Labute approximate surface area is 221 Å². The number of aryl methyl sites for hydroxylation is 3. The third-order valence-electron chi connectivity index (χ3n) is 6.14. The van der Waals surface area contributed by atoms with Crippen molar-refractivity contribution >= 4 is 39.1 Å². The molecule has 0 unspecified atom stereocenters. The summed E-state index contributed by atoms with van der Waals surface area (Å²) in [5.41, 5.74) is 6.39. The average Bonchev–Trinajstić information content (AvgIpc) is 2.87. The van der Waals surface area contributed by atoms with Crippen molar-refractivity contribution in [3.63, 3.8) is 0 Å². The SMILES string of the molecule is Cc1cccc(CN2c3ccccc3-c3nc(SCC(=O)Nc4cc(C)ccc4C)ncc3S2(=O)=O)c1. The molecule has 0 saturated heterocycles. The van der Waals surface area contributed by atoms with Crippen LogP contribution in [0.2, 0.25) is 0 Å². The van der Waals surface area contributed by atoms with Gasteiger partial charge < -0.3 is 5.32 Å². The first kappa shape index (κ1) is 25.0. The summed E-state index contributed by atoms with van der Waals surface area (Å²) in [6.45, 7) is 6.09. The highest BCUT2D eigenvalue weighted by molar-refractivity contribution is 7.99. The first-order valence-electron chi connectivity index (χ1n) is 11.8. The van der Waals surface area contributed by atoms with E-state index >= 15 is 0 Å². The Morgan fingerprint density at radius 2 is 1.76 bits per heavy atom. The summed E-state index contributed by atoms with van der Waals surface area (Å²) in [6, 6.07) is 21.0. The molecule has 0 radical (unpaired) electrons. The number of anilines is 2. The molecule has 0 fully saturated rings. The number of nitrogens with zero attached hydrogens (tertiary/aromatic N) is 3. The largest absolute Gasteiger partial charge is 0.325 e. The van der Waals surface area contributed by atoms with Gasteiger partial charge in [-0.15, -0.1) is 0 Å². The molecule has 0 spiro atoms. The molecular formula is C28H26N4O3S2. The van der Waals surface area contributed by atoms with E-state index in [2.05, 4.69) is 15.3 Å². The number of thioether (sulfide) groups is 1. The normalized spacial score (nSPS) is 13.5. The lowest BCUT2D eigenvalue weighted by molar-refractivity contribution is -0.113. The summed E-state index contributed by atoms with van der Waals surface area (Å²) in [4.78, 5) is 21.5. The summed E-state index contributed by atoms with van der Waals surface area (Å²) in [6.07, 6.45) is 1.35. The maximum Gasteiger partial charge on any atom is 0.268 e. The number of carbonyl (C=O) groups excluding carboxylic acids is 1. The van der Waals surface area contributed by atoms with Crippen LogP contribution in [0.3, 0.4) is 0 Å². The van der Waals surface area contributed by atoms with E-state index in [1.807, 2.05) is 81.4 Å². The summed E-state index contributed by atoms with van der Waals surface area (Å²) < 4.78 is 28.8. The molecule has 9 heteroatoms. The van der Waals surface area contributed by atoms with Gasteiger partial charge in [-0.2, -0.15) is 0 Å². The molecule has 1 amide bonds. The Morgan fingerprint density at radius 3 is 2.57 bits per heavy atom. The van der Waals surface area contributed by atoms with Gasteiger partial charge in [0.05, 0.1) is 29.9 Å². The quantitative estimate of drug-likeness (QED) is 0.261. The predicted octanol–water partition coefficient (Wildman–Crippen LogP) is 5.51. The third kappa shape index (κ3) is 5.10. The fourth-order valence-corrected chi connectivity index (χ4v) is 6.45. The Bertz CT molecular complexity index is 1620. The minimum Gasteiger partial charge on any atom is -0.325 e. The molecule has 188 valence electrons. The summed E-state index contributed by atoms with van der Waals surface area (Å²) in [5.74, 6) is -0.0857. The number of sulfonamides is 1. The maximum atomic E-state index is 13.7.